The average molecular weight is 288 g/mol. The number of benzene rings is 1. The van der Waals surface area contributed by atoms with Crippen LogP contribution in [0.1, 0.15) is 18.5 Å². The van der Waals surface area contributed by atoms with Crippen molar-refractivity contribution in [2.24, 2.45) is 0 Å². The van der Waals surface area contributed by atoms with E-state index in [0.717, 1.165) is 16.8 Å². The second-order valence-corrected chi connectivity index (χ2v) is 7.18. The Kier molecular flexibility index (Phi) is 5.54. The third-order valence-corrected chi connectivity index (χ3v) is 6.10. The molecule has 2 atom stereocenters. The molecule has 0 aliphatic carbocycles. The molecule has 0 aromatic heterocycles. The highest BCUT2D eigenvalue weighted by molar-refractivity contribution is 8.06. The summed E-state index contributed by atoms with van der Waals surface area (Å²) in [5.74, 6) is 3.87. The van der Waals surface area contributed by atoms with Gasteiger partial charge in [-0.2, -0.15) is 23.5 Å². The Morgan fingerprint density at radius 2 is 2.24 bits per heavy atom. The molecule has 1 aliphatic rings. The van der Waals surface area contributed by atoms with Gasteiger partial charge in [0.1, 0.15) is 0 Å². The van der Waals surface area contributed by atoms with Crippen LogP contribution in [0.25, 0.3) is 0 Å². The molecule has 1 nitrogen and oxygen atoms in total. The summed E-state index contributed by atoms with van der Waals surface area (Å²) in [5.41, 5.74) is 1.20. The number of halogens is 1. The van der Waals surface area contributed by atoms with E-state index in [1.807, 2.05) is 18.2 Å². The summed E-state index contributed by atoms with van der Waals surface area (Å²) in [6.45, 7) is 3.26. The van der Waals surface area contributed by atoms with E-state index >= 15 is 0 Å². The first kappa shape index (κ1) is 13.6. The first-order valence-electron chi connectivity index (χ1n) is 5.94. The molecule has 0 amide bonds. The van der Waals surface area contributed by atoms with Crippen molar-refractivity contribution in [3.8, 4) is 0 Å². The summed E-state index contributed by atoms with van der Waals surface area (Å²) in [5, 5.41) is 5.20. The summed E-state index contributed by atoms with van der Waals surface area (Å²) in [4.78, 5) is 0. The van der Waals surface area contributed by atoms with Crippen molar-refractivity contribution in [2.45, 2.75) is 18.2 Å². The number of hydrogen-bond acceptors (Lipinski definition) is 3. The van der Waals surface area contributed by atoms with Gasteiger partial charge in [0.25, 0.3) is 0 Å². The van der Waals surface area contributed by atoms with Gasteiger partial charge in [0, 0.05) is 40.1 Å². The minimum absolute atomic E-state index is 0.330. The Morgan fingerprint density at radius 1 is 1.41 bits per heavy atom. The van der Waals surface area contributed by atoms with Crippen LogP contribution in [-0.4, -0.2) is 29.1 Å². The first-order valence-corrected chi connectivity index (χ1v) is 8.52. The SMILES string of the molecule is CC(NCC1CSCCS1)c1ccccc1Cl. The van der Waals surface area contributed by atoms with Crippen molar-refractivity contribution < 1.29 is 0 Å². The van der Waals surface area contributed by atoms with Crippen molar-refractivity contribution in [1.82, 2.24) is 5.32 Å². The highest BCUT2D eigenvalue weighted by Crippen LogP contribution is 2.25. The van der Waals surface area contributed by atoms with Crippen LogP contribution >= 0.6 is 35.1 Å². The van der Waals surface area contributed by atoms with E-state index in [4.69, 9.17) is 11.6 Å². The smallest absolute Gasteiger partial charge is 0.0453 e. The van der Waals surface area contributed by atoms with Crippen molar-refractivity contribution >= 4 is 35.1 Å². The highest BCUT2D eigenvalue weighted by Gasteiger charge is 2.16. The third kappa shape index (κ3) is 4.09. The summed E-state index contributed by atoms with van der Waals surface area (Å²) < 4.78 is 0. The monoisotopic (exact) mass is 287 g/mol. The number of rotatable bonds is 4. The number of nitrogens with one attached hydrogen (secondary N) is 1. The van der Waals surface area contributed by atoms with E-state index in [1.54, 1.807) is 0 Å². The van der Waals surface area contributed by atoms with Crippen molar-refractivity contribution in [1.29, 1.82) is 0 Å². The van der Waals surface area contributed by atoms with Gasteiger partial charge in [0.05, 0.1) is 0 Å². The lowest BCUT2D eigenvalue weighted by molar-refractivity contribution is 0.577. The molecule has 1 aliphatic heterocycles. The van der Waals surface area contributed by atoms with Gasteiger partial charge >= 0.3 is 0 Å². The molecule has 1 fully saturated rings. The zero-order chi connectivity index (χ0) is 12.1. The number of hydrogen-bond donors (Lipinski definition) is 1. The van der Waals surface area contributed by atoms with E-state index in [-0.39, 0.29) is 0 Å². The Hall–Kier alpha value is 0.170. The summed E-state index contributed by atoms with van der Waals surface area (Å²) >= 11 is 10.3. The van der Waals surface area contributed by atoms with Gasteiger partial charge in [0.15, 0.2) is 0 Å². The van der Waals surface area contributed by atoms with Crippen LogP contribution in [-0.2, 0) is 0 Å². The average Bonchev–Trinajstić information content (AvgIpc) is 2.38. The Morgan fingerprint density at radius 3 is 2.94 bits per heavy atom. The van der Waals surface area contributed by atoms with E-state index in [2.05, 4.69) is 41.8 Å². The molecule has 0 spiro atoms. The summed E-state index contributed by atoms with van der Waals surface area (Å²) in [6.07, 6.45) is 0. The molecule has 17 heavy (non-hydrogen) atoms. The maximum absolute atomic E-state index is 6.19. The van der Waals surface area contributed by atoms with Crippen LogP contribution in [0, 0.1) is 0 Å². The molecule has 1 aromatic rings. The fraction of sp³-hybridized carbons (Fsp3) is 0.538. The van der Waals surface area contributed by atoms with E-state index < -0.39 is 0 Å². The van der Waals surface area contributed by atoms with Crippen LogP contribution in [0.3, 0.4) is 0 Å². The first-order chi connectivity index (χ1) is 8.27. The minimum Gasteiger partial charge on any atom is -0.309 e. The van der Waals surface area contributed by atoms with Gasteiger partial charge in [0.2, 0.25) is 0 Å². The molecule has 1 heterocycles. The van der Waals surface area contributed by atoms with Crippen molar-refractivity contribution in [3.05, 3.63) is 34.9 Å². The summed E-state index contributed by atoms with van der Waals surface area (Å²) in [7, 11) is 0. The standard InChI is InChI=1S/C13H18ClNS2/c1-10(12-4-2-3-5-13(12)14)15-8-11-9-16-6-7-17-11/h2-5,10-11,15H,6-9H2,1H3. The van der Waals surface area contributed by atoms with Gasteiger partial charge in [-0.1, -0.05) is 29.8 Å². The minimum atomic E-state index is 0.330. The molecule has 2 unspecified atom stereocenters. The lowest BCUT2D eigenvalue weighted by atomic mass is 10.1. The second kappa shape index (κ2) is 6.93. The maximum Gasteiger partial charge on any atom is 0.0453 e. The van der Waals surface area contributed by atoms with Crippen LogP contribution in [0.4, 0.5) is 0 Å². The van der Waals surface area contributed by atoms with Crippen LogP contribution in [0.2, 0.25) is 5.02 Å². The summed E-state index contributed by atoms with van der Waals surface area (Å²) in [6, 6.07) is 8.41. The van der Waals surface area contributed by atoms with Crippen LogP contribution in [0.5, 0.6) is 0 Å². The number of thioether (sulfide) groups is 2. The molecule has 4 heteroatoms. The molecular weight excluding hydrogens is 270 g/mol. The van der Waals surface area contributed by atoms with Crippen LogP contribution in [0.15, 0.2) is 24.3 Å². The van der Waals surface area contributed by atoms with Gasteiger partial charge in [-0.05, 0) is 18.6 Å². The molecule has 0 saturated carbocycles. The Labute approximate surface area is 117 Å². The van der Waals surface area contributed by atoms with Crippen LogP contribution < -0.4 is 5.32 Å². The maximum atomic E-state index is 6.19. The largest absolute Gasteiger partial charge is 0.309 e. The van der Waals surface area contributed by atoms with Gasteiger partial charge < -0.3 is 5.32 Å². The molecule has 0 radical (unpaired) electrons. The fourth-order valence-corrected chi connectivity index (χ4v) is 4.82. The fourth-order valence-electron chi connectivity index (χ4n) is 1.90. The van der Waals surface area contributed by atoms with Crippen molar-refractivity contribution in [2.75, 3.05) is 23.8 Å². The van der Waals surface area contributed by atoms with Gasteiger partial charge in [-0.15, -0.1) is 0 Å². The predicted octanol–water partition coefficient (Wildman–Crippen LogP) is 3.84. The topological polar surface area (TPSA) is 12.0 Å². The Bertz CT molecular complexity index is 353. The van der Waals surface area contributed by atoms with Crippen molar-refractivity contribution in [3.63, 3.8) is 0 Å². The highest BCUT2D eigenvalue weighted by atomic mass is 35.5. The molecule has 1 saturated heterocycles. The lowest BCUT2D eigenvalue weighted by Crippen LogP contribution is -2.30. The molecule has 0 bridgehead atoms. The molecule has 1 aromatic carbocycles. The van der Waals surface area contributed by atoms with E-state index in [9.17, 15) is 0 Å². The molecular formula is C13H18ClNS2. The zero-order valence-corrected chi connectivity index (χ0v) is 12.4. The normalized spacial score (nSPS) is 22.4. The predicted molar refractivity (Wildman–Crippen MR) is 81.4 cm³/mol. The molecule has 2 rings (SSSR count). The third-order valence-electron chi connectivity index (χ3n) is 2.91. The van der Waals surface area contributed by atoms with E-state index in [1.165, 1.54) is 22.8 Å². The van der Waals surface area contributed by atoms with Gasteiger partial charge in [-0.25, -0.2) is 0 Å². The van der Waals surface area contributed by atoms with E-state index in [0.29, 0.717) is 6.04 Å². The molecule has 94 valence electrons. The Balaban J connectivity index is 1.84. The zero-order valence-electron chi connectivity index (χ0n) is 9.99. The second-order valence-electron chi connectivity index (χ2n) is 4.22. The quantitative estimate of drug-likeness (QED) is 0.904. The molecule has 1 N–H and O–H groups in total. The van der Waals surface area contributed by atoms with Gasteiger partial charge in [-0.3, -0.25) is 0 Å². The lowest BCUT2D eigenvalue weighted by Gasteiger charge is -2.24.